The van der Waals surface area contributed by atoms with E-state index in [0.717, 1.165) is 5.56 Å². The zero-order valence-electron chi connectivity index (χ0n) is 14.2. The number of carbonyl (C=O) groups is 1. The van der Waals surface area contributed by atoms with E-state index >= 15 is 0 Å². The zero-order valence-corrected chi connectivity index (χ0v) is 14.2. The summed E-state index contributed by atoms with van der Waals surface area (Å²) in [7, 11) is 0. The molecule has 0 unspecified atom stereocenters. The van der Waals surface area contributed by atoms with Crippen molar-refractivity contribution in [1.82, 2.24) is 0 Å². The topological polar surface area (TPSA) is 68.5 Å². The van der Waals surface area contributed by atoms with E-state index in [1.165, 1.54) is 6.08 Å². The molecule has 0 heterocycles. The van der Waals surface area contributed by atoms with Crippen molar-refractivity contribution in [1.29, 1.82) is 5.26 Å². The van der Waals surface area contributed by atoms with Crippen LogP contribution in [0, 0.1) is 11.3 Å². The van der Waals surface area contributed by atoms with Crippen LogP contribution in [0.1, 0.15) is 25.0 Å². The molecule has 0 aromatic heterocycles. The molecule has 0 radical (unpaired) electrons. The quantitative estimate of drug-likeness (QED) is 0.434. The number of nitrogens with zero attached hydrogens (tertiary/aromatic N) is 1. The standard InChI is InChI=1S/C20H19NO4/c1-3-23-17-8-6-5-7-16(17)10-12-20(22)25-18-11-9-15(14-21)13-19(18)24-4-2/h5-13H,3-4H2,1-2H3/b12-10+. The number of nitriles is 1. The highest BCUT2D eigenvalue weighted by Crippen LogP contribution is 2.28. The van der Waals surface area contributed by atoms with Crippen LogP contribution >= 0.6 is 0 Å². The molecule has 0 atom stereocenters. The Bertz CT molecular complexity index is 806. The Hall–Kier alpha value is -3.26. The van der Waals surface area contributed by atoms with Crippen LogP contribution in [0.15, 0.2) is 48.5 Å². The molecule has 0 fully saturated rings. The fourth-order valence-electron chi connectivity index (χ4n) is 2.14. The zero-order chi connectivity index (χ0) is 18.1. The number of benzene rings is 2. The summed E-state index contributed by atoms with van der Waals surface area (Å²) in [5.41, 5.74) is 1.22. The molecule has 0 N–H and O–H groups in total. The largest absolute Gasteiger partial charge is 0.493 e. The summed E-state index contributed by atoms with van der Waals surface area (Å²) in [4.78, 5) is 12.1. The summed E-state index contributed by atoms with van der Waals surface area (Å²) in [5, 5.41) is 8.95. The van der Waals surface area contributed by atoms with E-state index in [4.69, 9.17) is 19.5 Å². The Morgan fingerprint density at radius 1 is 1.04 bits per heavy atom. The second kappa shape index (κ2) is 9.14. The first-order valence-electron chi connectivity index (χ1n) is 7.96. The third-order valence-electron chi connectivity index (χ3n) is 3.20. The van der Waals surface area contributed by atoms with E-state index in [0.29, 0.717) is 30.3 Å². The molecule has 5 heteroatoms. The number of hydrogen-bond donors (Lipinski definition) is 0. The highest BCUT2D eigenvalue weighted by atomic mass is 16.6. The van der Waals surface area contributed by atoms with E-state index in [2.05, 4.69) is 0 Å². The number of para-hydroxylation sites is 1. The fraction of sp³-hybridized carbons (Fsp3) is 0.200. The minimum atomic E-state index is -0.544. The maximum absolute atomic E-state index is 12.1. The first-order chi connectivity index (χ1) is 12.2. The summed E-state index contributed by atoms with van der Waals surface area (Å²) in [6.07, 6.45) is 2.96. The molecule has 128 valence electrons. The highest BCUT2D eigenvalue weighted by Gasteiger charge is 2.10. The third kappa shape index (κ3) is 5.11. The van der Waals surface area contributed by atoms with Crippen molar-refractivity contribution in [2.75, 3.05) is 13.2 Å². The van der Waals surface area contributed by atoms with Crippen molar-refractivity contribution in [3.05, 3.63) is 59.7 Å². The van der Waals surface area contributed by atoms with Crippen LogP contribution in [0.25, 0.3) is 6.08 Å². The molecular formula is C20H19NO4. The predicted molar refractivity (Wildman–Crippen MR) is 94.6 cm³/mol. The number of hydrogen-bond acceptors (Lipinski definition) is 5. The van der Waals surface area contributed by atoms with E-state index in [1.54, 1.807) is 24.3 Å². The highest BCUT2D eigenvalue weighted by molar-refractivity contribution is 5.89. The van der Waals surface area contributed by atoms with Gasteiger partial charge >= 0.3 is 5.97 Å². The monoisotopic (exact) mass is 337 g/mol. The minimum absolute atomic E-state index is 0.272. The Kier molecular flexibility index (Phi) is 6.61. The summed E-state index contributed by atoms with van der Waals surface area (Å²) in [6.45, 7) is 4.65. The van der Waals surface area contributed by atoms with Crippen molar-refractivity contribution in [2.45, 2.75) is 13.8 Å². The van der Waals surface area contributed by atoms with Crippen molar-refractivity contribution in [3.63, 3.8) is 0 Å². The van der Waals surface area contributed by atoms with Gasteiger partial charge in [0, 0.05) is 17.7 Å². The number of rotatable bonds is 7. The second-order valence-corrected chi connectivity index (χ2v) is 4.93. The molecule has 25 heavy (non-hydrogen) atoms. The van der Waals surface area contributed by atoms with Gasteiger partial charge in [0.05, 0.1) is 24.8 Å². The van der Waals surface area contributed by atoms with Crippen molar-refractivity contribution in [2.24, 2.45) is 0 Å². The smallest absolute Gasteiger partial charge is 0.336 e. The molecule has 0 saturated carbocycles. The van der Waals surface area contributed by atoms with Crippen molar-refractivity contribution in [3.8, 4) is 23.3 Å². The molecule has 0 aliphatic heterocycles. The van der Waals surface area contributed by atoms with E-state index in [9.17, 15) is 4.79 Å². The number of ether oxygens (including phenoxy) is 3. The molecule has 2 aromatic rings. The van der Waals surface area contributed by atoms with Gasteiger partial charge in [-0.25, -0.2) is 4.79 Å². The lowest BCUT2D eigenvalue weighted by atomic mass is 10.2. The molecular weight excluding hydrogens is 318 g/mol. The molecule has 0 spiro atoms. The summed E-state index contributed by atoms with van der Waals surface area (Å²) in [6, 6.07) is 14.1. The lowest BCUT2D eigenvalue weighted by Gasteiger charge is -2.10. The summed E-state index contributed by atoms with van der Waals surface area (Å²) in [5.74, 6) is 0.783. The van der Waals surface area contributed by atoms with Gasteiger partial charge in [-0.15, -0.1) is 0 Å². The molecule has 2 rings (SSSR count). The molecule has 0 aliphatic carbocycles. The first-order valence-corrected chi connectivity index (χ1v) is 7.96. The minimum Gasteiger partial charge on any atom is -0.493 e. The van der Waals surface area contributed by atoms with E-state index in [1.807, 2.05) is 44.2 Å². The van der Waals surface area contributed by atoms with Gasteiger partial charge in [-0.2, -0.15) is 5.26 Å². The maximum atomic E-state index is 12.1. The first kappa shape index (κ1) is 18.1. The van der Waals surface area contributed by atoms with Gasteiger partial charge in [0.25, 0.3) is 0 Å². The Morgan fingerprint density at radius 3 is 2.48 bits per heavy atom. The molecule has 0 bridgehead atoms. The second-order valence-electron chi connectivity index (χ2n) is 4.93. The van der Waals surface area contributed by atoms with Gasteiger partial charge in [0.1, 0.15) is 5.75 Å². The van der Waals surface area contributed by atoms with Gasteiger partial charge in [0.2, 0.25) is 0 Å². The third-order valence-corrected chi connectivity index (χ3v) is 3.20. The van der Waals surface area contributed by atoms with Crippen LogP contribution < -0.4 is 14.2 Å². The van der Waals surface area contributed by atoms with Crippen LogP contribution in [0.2, 0.25) is 0 Å². The van der Waals surface area contributed by atoms with Crippen LogP contribution in [-0.2, 0) is 4.79 Å². The molecule has 5 nitrogen and oxygen atoms in total. The van der Waals surface area contributed by atoms with Gasteiger partial charge in [-0.1, -0.05) is 18.2 Å². The molecule has 2 aromatic carbocycles. The van der Waals surface area contributed by atoms with E-state index < -0.39 is 5.97 Å². The van der Waals surface area contributed by atoms with Crippen molar-refractivity contribution >= 4 is 12.0 Å². The molecule has 0 amide bonds. The fourth-order valence-corrected chi connectivity index (χ4v) is 2.14. The Morgan fingerprint density at radius 2 is 1.76 bits per heavy atom. The molecule has 0 saturated heterocycles. The van der Waals surface area contributed by atoms with Gasteiger partial charge in [-0.05, 0) is 38.1 Å². The maximum Gasteiger partial charge on any atom is 0.336 e. The Labute approximate surface area is 147 Å². The van der Waals surface area contributed by atoms with Crippen LogP contribution in [0.3, 0.4) is 0 Å². The molecule has 0 aliphatic rings. The van der Waals surface area contributed by atoms with Crippen LogP contribution in [0.5, 0.6) is 17.2 Å². The lowest BCUT2D eigenvalue weighted by molar-refractivity contribution is -0.129. The van der Waals surface area contributed by atoms with E-state index in [-0.39, 0.29) is 5.75 Å². The van der Waals surface area contributed by atoms with Gasteiger partial charge in [-0.3, -0.25) is 0 Å². The van der Waals surface area contributed by atoms with Gasteiger partial charge in [0.15, 0.2) is 11.5 Å². The number of esters is 1. The normalized spacial score (nSPS) is 10.3. The van der Waals surface area contributed by atoms with Gasteiger partial charge < -0.3 is 14.2 Å². The SMILES string of the molecule is CCOc1ccccc1/C=C/C(=O)Oc1ccc(C#N)cc1OCC. The lowest BCUT2D eigenvalue weighted by Crippen LogP contribution is -2.06. The average molecular weight is 337 g/mol. The van der Waals surface area contributed by atoms with Crippen LogP contribution in [0.4, 0.5) is 0 Å². The summed E-state index contributed by atoms with van der Waals surface area (Å²) < 4.78 is 16.3. The Balaban J connectivity index is 2.14. The van der Waals surface area contributed by atoms with Crippen molar-refractivity contribution < 1.29 is 19.0 Å². The summed E-state index contributed by atoms with van der Waals surface area (Å²) >= 11 is 0. The predicted octanol–water partition coefficient (Wildman–Crippen LogP) is 3.97. The average Bonchev–Trinajstić information content (AvgIpc) is 2.63. The number of carbonyl (C=O) groups excluding carboxylic acids is 1. The van der Waals surface area contributed by atoms with Crippen LogP contribution in [-0.4, -0.2) is 19.2 Å².